The highest BCUT2D eigenvalue weighted by molar-refractivity contribution is 5.42. The summed E-state index contributed by atoms with van der Waals surface area (Å²) in [5.41, 5.74) is 3.67. The van der Waals surface area contributed by atoms with Crippen LogP contribution in [-0.4, -0.2) is 20.6 Å². The lowest BCUT2D eigenvalue weighted by Crippen LogP contribution is -2.19. The van der Waals surface area contributed by atoms with E-state index in [0.29, 0.717) is 6.04 Å². The number of pyridine rings is 1. The number of aromatic nitrogens is 3. The van der Waals surface area contributed by atoms with Crippen molar-refractivity contribution in [2.75, 3.05) is 0 Å². The molecule has 3 rings (SSSR count). The molecule has 1 aliphatic carbocycles. The molecule has 1 saturated carbocycles. The van der Waals surface area contributed by atoms with Crippen LogP contribution in [0.1, 0.15) is 48.8 Å². The second kappa shape index (κ2) is 5.98. The summed E-state index contributed by atoms with van der Waals surface area (Å²) in [5, 5.41) is 3.61. The Bertz CT molecular complexity index is 626. The molecule has 0 aliphatic heterocycles. The Balaban J connectivity index is 1.99. The van der Waals surface area contributed by atoms with Crippen LogP contribution in [0.4, 0.5) is 0 Å². The highest BCUT2D eigenvalue weighted by Crippen LogP contribution is 2.23. The predicted molar refractivity (Wildman–Crippen MR) is 84.7 cm³/mol. The van der Waals surface area contributed by atoms with Crippen molar-refractivity contribution < 1.29 is 0 Å². The van der Waals surface area contributed by atoms with Crippen LogP contribution in [0.5, 0.6) is 0 Å². The maximum Gasteiger partial charge on any atom is 0.143 e. The summed E-state index contributed by atoms with van der Waals surface area (Å²) in [4.78, 5) is 9.29. The number of aryl methyl sites for hydroxylation is 3. The van der Waals surface area contributed by atoms with E-state index in [-0.39, 0.29) is 0 Å². The first-order valence-electron chi connectivity index (χ1n) is 7.92. The van der Waals surface area contributed by atoms with Crippen molar-refractivity contribution in [3.05, 3.63) is 41.1 Å². The highest BCUT2D eigenvalue weighted by Gasteiger charge is 2.22. The zero-order valence-electron chi connectivity index (χ0n) is 13.2. The van der Waals surface area contributed by atoms with Crippen LogP contribution in [-0.2, 0) is 13.0 Å². The minimum absolute atomic E-state index is 0.705. The molecular weight excluding hydrogens is 260 g/mol. The topological polar surface area (TPSA) is 42.7 Å². The van der Waals surface area contributed by atoms with Gasteiger partial charge in [-0.1, -0.05) is 6.92 Å². The minimum Gasteiger partial charge on any atom is -0.310 e. The standard InChI is InChI=1S/C17H24N4/c1-4-5-16-18-8-9-21(16)17-15(11-19-14-6-7-14)12(2)10-13(3)20-17/h8-10,14,19H,4-7,11H2,1-3H3. The number of nitrogens with one attached hydrogen (secondary N) is 1. The van der Waals surface area contributed by atoms with Crippen LogP contribution in [0.3, 0.4) is 0 Å². The molecule has 2 heterocycles. The molecule has 0 radical (unpaired) electrons. The maximum absolute atomic E-state index is 4.80. The van der Waals surface area contributed by atoms with E-state index in [4.69, 9.17) is 4.98 Å². The Morgan fingerprint density at radius 1 is 1.33 bits per heavy atom. The van der Waals surface area contributed by atoms with Gasteiger partial charge in [-0.05, 0) is 44.7 Å². The predicted octanol–water partition coefficient (Wildman–Crippen LogP) is 3.09. The number of rotatable bonds is 6. The molecule has 2 aromatic rings. The lowest BCUT2D eigenvalue weighted by atomic mass is 10.1. The van der Waals surface area contributed by atoms with E-state index in [1.54, 1.807) is 0 Å². The molecule has 0 spiro atoms. The van der Waals surface area contributed by atoms with E-state index >= 15 is 0 Å². The van der Waals surface area contributed by atoms with Crippen LogP contribution in [0.15, 0.2) is 18.5 Å². The van der Waals surface area contributed by atoms with E-state index in [0.717, 1.165) is 36.7 Å². The Morgan fingerprint density at radius 2 is 2.14 bits per heavy atom. The van der Waals surface area contributed by atoms with Gasteiger partial charge in [0.1, 0.15) is 11.6 Å². The van der Waals surface area contributed by atoms with Crippen molar-refractivity contribution in [1.82, 2.24) is 19.9 Å². The molecule has 2 aromatic heterocycles. The van der Waals surface area contributed by atoms with Gasteiger partial charge in [0.05, 0.1) is 0 Å². The van der Waals surface area contributed by atoms with Crippen LogP contribution >= 0.6 is 0 Å². The van der Waals surface area contributed by atoms with Gasteiger partial charge in [0.25, 0.3) is 0 Å². The highest BCUT2D eigenvalue weighted by atomic mass is 15.1. The van der Waals surface area contributed by atoms with Gasteiger partial charge in [0, 0.05) is 42.7 Å². The quantitative estimate of drug-likeness (QED) is 0.886. The minimum atomic E-state index is 0.705. The molecule has 112 valence electrons. The van der Waals surface area contributed by atoms with Crippen molar-refractivity contribution in [2.24, 2.45) is 0 Å². The van der Waals surface area contributed by atoms with Crippen LogP contribution in [0, 0.1) is 13.8 Å². The van der Waals surface area contributed by atoms with Crippen molar-refractivity contribution in [2.45, 2.75) is 59.0 Å². The average molecular weight is 284 g/mol. The van der Waals surface area contributed by atoms with Gasteiger partial charge in [0.15, 0.2) is 0 Å². The zero-order valence-corrected chi connectivity index (χ0v) is 13.2. The van der Waals surface area contributed by atoms with Crippen molar-refractivity contribution in [1.29, 1.82) is 0 Å². The molecule has 0 bridgehead atoms. The third-order valence-electron chi connectivity index (χ3n) is 4.02. The van der Waals surface area contributed by atoms with Gasteiger partial charge in [-0.2, -0.15) is 0 Å². The van der Waals surface area contributed by atoms with Gasteiger partial charge in [-0.3, -0.25) is 4.57 Å². The summed E-state index contributed by atoms with van der Waals surface area (Å²) in [6, 6.07) is 2.88. The van der Waals surface area contributed by atoms with Crippen LogP contribution in [0.25, 0.3) is 5.82 Å². The first kappa shape index (κ1) is 14.3. The van der Waals surface area contributed by atoms with E-state index in [1.807, 2.05) is 12.4 Å². The Labute approximate surface area is 126 Å². The van der Waals surface area contributed by atoms with Crippen molar-refractivity contribution in [3.63, 3.8) is 0 Å². The zero-order chi connectivity index (χ0) is 14.8. The molecule has 1 fully saturated rings. The van der Waals surface area contributed by atoms with E-state index in [9.17, 15) is 0 Å². The first-order valence-corrected chi connectivity index (χ1v) is 7.92. The molecule has 0 aromatic carbocycles. The van der Waals surface area contributed by atoms with Crippen LogP contribution < -0.4 is 5.32 Å². The summed E-state index contributed by atoms with van der Waals surface area (Å²) >= 11 is 0. The van der Waals surface area contributed by atoms with Crippen LogP contribution in [0.2, 0.25) is 0 Å². The second-order valence-corrected chi connectivity index (χ2v) is 6.00. The van der Waals surface area contributed by atoms with Crippen molar-refractivity contribution >= 4 is 0 Å². The Morgan fingerprint density at radius 3 is 2.86 bits per heavy atom. The summed E-state index contributed by atoms with van der Waals surface area (Å²) in [5.74, 6) is 2.14. The maximum atomic E-state index is 4.80. The molecule has 0 saturated heterocycles. The average Bonchev–Trinajstić information content (AvgIpc) is 3.15. The van der Waals surface area contributed by atoms with Crippen molar-refractivity contribution in [3.8, 4) is 5.82 Å². The molecule has 1 aliphatic rings. The van der Waals surface area contributed by atoms with E-state index in [2.05, 4.69) is 41.7 Å². The summed E-state index contributed by atoms with van der Waals surface area (Å²) < 4.78 is 2.16. The monoisotopic (exact) mass is 284 g/mol. The Hall–Kier alpha value is -1.68. The normalized spacial score (nSPS) is 14.6. The fourth-order valence-corrected chi connectivity index (χ4v) is 2.73. The molecule has 21 heavy (non-hydrogen) atoms. The Kier molecular flexibility index (Phi) is 4.06. The van der Waals surface area contributed by atoms with Gasteiger partial charge in [-0.15, -0.1) is 0 Å². The summed E-state index contributed by atoms with van der Waals surface area (Å²) in [7, 11) is 0. The summed E-state index contributed by atoms with van der Waals surface area (Å²) in [6.07, 6.45) is 8.60. The van der Waals surface area contributed by atoms with E-state index in [1.165, 1.54) is 24.0 Å². The first-order chi connectivity index (χ1) is 10.2. The number of hydrogen-bond acceptors (Lipinski definition) is 3. The number of imidazole rings is 1. The third-order valence-corrected chi connectivity index (χ3v) is 4.02. The van der Waals surface area contributed by atoms with Gasteiger partial charge < -0.3 is 5.32 Å². The molecule has 0 amide bonds. The second-order valence-electron chi connectivity index (χ2n) is 6.00. The molecule has 0 atom stereocenters. The molecule has 4 nitrogen and oxygen atoms in total. The van der Waals surface area contributed by atoms with Gasteiger partial charge in [0.2, 0.25) is 0 Å². The molecular formula is C17H24N4. The fraction of sp³-hybridized carbons (Fsp3) is 0.529. The fourth-order valence-electron chi connectivity index (χ4n) is 2.73. The largest absolute Gasteiger partial charge is 0.310 e. The smallest absolute Gasteiger partial charge is 0.143 e. The lowest BCUT2D eigenvalue weighted by Gasteiger charge is -2.16. The molecule has 4 heteroatoms. The van der Waals surface area contributed by atoms with Gasteiger partial charge >= 0.3 is 0 Å². The number of nitrogens with zero attached hydrogens (tertiary/aromatic N) is 3. The lowest BCUT2D eigenvalue weighted by molar-refractivity contribution is 0.674. The third kappa shape index (κ3) is 3.16. The summed E-state index contributed by atoms with van der Waals surface area (Å²) in [6.45, 7) is 7.32. The molecule has 1 N–H and O–H groups in total. The van der Waals surface area contributed by atoms with E-state index < -0.39 is 0 Å². The SMILES string of the molecule is CCCc1nccn1-c1nc(C)cc(C)c1CNC1CC1. The number of hydrogen-bond donors (Lipinski definition) is 1. The van der Waals surface area contributed by atoms with Gasteiger partial charge in [-0.25, -0.2) is 9.97 Å². The molecule has 0 unspecified atom stereocenters.